The number of carbonyl (C=O) groups is 1. The number of aromatic nitrogens is 2. The van der Waals surface area contributed by atoms with Crippen LogP contribution in [-0.4, -0.2) is 45.8 Å². The minimum atomic E-state index is -0.244. The van der Waals surface area contributed by atoms with Gasteiger partial charge in [-0.2, -0.15) is 0 Å². The van der Waals surface area contributed by atoms with Crippen molar-refractivity contribution in [1.82, 2.24) is 20.0 Å². The highest BCUT2D eigenvalue weighted by molar-refractivity contribution is 5.92. The van der Waals surface area contributed by atoms with Gasteiger partial charge in [0.2, 0.25) is 0 Å². The maximum atomic E-state index is 12.2. The molecule has 1 aromatic rings. The van der Waals surface area contributed by atoms with E-state index in [1.54, 1.807) is 7.05 Å². The molecule has 0 spiro atoms. The summed E-state index contributed by atoms with van der Waals surface area (Å²) in [6.07, 6.45) is 2.58. The number of carbonyl (C=O) groups excluding carboxylic acids is 1. The number of nitrogens with one attached hydrogen (secondary N) is 2. The Morgan fingerprint density at radius 3 is 2.74 bits per heavy atom. The fraction of sp³-hybridized carbons (Fsp3) is 0.692. The van der Waals surface area contributed by atoms with Crippen LogP contribution in [0.1, 0.15) is 30.3 Å². The largest absolute Gasteiger partial charge is 0.346 e. The zero-order chi connectivity index (χ0) is 13.6. The van der Waals surface area contributed by atoms with E-state index in [1.807, 2.05) is 0 Å². The molecule has 0 unspecified atom stereocenters. The van der Waals surface area contributed by atoms with Gasteiger partial charge in [-0.1, -0.05) is 6.92 Å². The minimum absolute atomic E-state index is 0.171. The molecule has 1 amide bonds. The Morgan fingerprint density at radius 2 is 2.16 bits per heavy atom. The van der Waals surface area contributed by atoms with Crippen molar-refractivity contribution in [1.29, 1.82) is 0 Å². The van der Waals surface area contributed by atoms with Gasteiger partial charge in [-0.15, -0.1) is 0 Å². The Labute approximate surface area is 111 Å². The van der Waals surface area contributed by atoms with Crippen LogP contribution in [0.3, 0.4) is 0 Å². The summed E-state index contributed by atoms with van der Waals surface area (Å²) < 4.78 is 1.47. The first kappa shape index (κ1) is 12.5. The molecule has 6 nitrogen and oxygen atoms in total. The molecule has 2 atom stereocenters. The zero-order valence-corrected chi connectivity index (χ0v) is 11.3. The van der Waals surface area contributed by atoms with E-state index in [9.17, 15) is 9.59 Å². The lowest BCUT2D eigenvalue weighted by Crippen LogP contribution is -2.40. The van der Waals surface area contributed by atoms with Crippen LogP contribution in [0.2, 0.25) is 0 Å². The third-order valence-electron chi connectivity index (χ3n) is 4.16. The maximum absolute atomic E-state index is 12.2. The molecule has 1 aliphatic heterocycles. The van der Waals surface area contributed by atoms with Crippen molar-refractivity contribution in [2.24, 2.45) is 13.0 Å². The van der Waals surface area contributed by atoms with E-state index < -0.39 is 0 Å². The second-order valence-electron chi connectivity index (χ2n) is 5.81. The van der Waals surface area contributed by atoms with Gasteiger partial charge in [0.25, 0.3) is 11.5 Å². The van der Waals surface area contributed by atoms with Crippen LogP contribution in [-0.2, 0) is 7.05 Å². The topological polar surface area (TPSA) is 70.1 Å². The van der Waals surface area contributed by atoms with Crippen molar-refractivity contribution in [2.75, 3.05) is 13.1 Å². The first-order valence-corrected chi connectivity index (χ1v) is 6.85. The quantitative estimate of drug-likeness (QED) is 0.802. The highest BCUT2D eigenvalue weighted by Crippen LogP contribution is 2.31. The molecule has 0 bridgehead atoms. The number of H-pyrrole nitrogens is 1. The average molecular weight is 264 g/mol. The summed E-state index contributed by atoms with van der Waals surface area (Å²) in [7, 11) is 1.67. The highest BCUT2D eigenvalue weighted by Gasteiger charge is 2.38. The van der Waals surface area contributed by atoms with Gasteiger partial charge in [0, 0.05) is 38.3 Å². The first-order chi connectivity index (χ1) is 9.04. The third-order valence-corrected chi connectivity index (χ3v) is 4.16. The van der Waals surface area contributed by atoms with Gasteiger partial charge in [-0.05, 0) is 18.8 Å². The monoisotopic (exact) mass is 264 g/mol. The average Bonchev–Trinajstić information content (AvgIpc) is 3.05. The molecular weight excluding hydrogens is 244 g/mol. The molecule has 2 aliphatic rings. The summed E-state index contributed by atoms with van der Waals surface area (Å²) in [5.74, 6) is 0.288. The molecule has 0 radical (unpaired) electrons. The van der Waals surface area contributed by atoms with E-state index in [4.69, 9.17) is 0 Å². The Morgan fingerprint density at radius 1 is 1.42 bits per heavy atom. The van der Waals surface area contributed by atoms with Crippen LogP contribution >= 0.6 is 0 Å². The van der Waals surface area contributed by atoms with Gasteiger partial charge in [-0.3, -0.25) is 24.3 Å². The van der Waals surface area contributed by atoms with E-state index in [1.165, 1.54) is 23.6 Å². The summed E-state index contributed by atoms with van der Waals surface area (Å²) in [4.78, 5) is 25.8. The minimum Gasteiger partial charge on any atom is -0.346 e. The molecule has 6 heteroatoms. The van der Waals surface area contributed by atoms with Gasteiger partial charge in [0.05, 0.1) is 0 Å². The summed E-state index contributed by atoms with van der Waals surface area (Å²) in [5.41, 5.74) is 0.147. The molecule has 104 valence electrons. The van der Waals surface area contributed by atoms with E-state index in [2.05, 4.69) is 22.2 Å². The smallest absolute Gasteiger partial charge is 0.269 e. The maximum Gasteiger partial charge on any atom is 0.269 e. The van der Waals surface area contributed by atoms with Gasteiger partial charge in [-0.25, -0.2) is 0 Å². The number of rotatable bonds is 3. The Bertz CT molecular complexity index is 543. The van der Waals surface area contributed by atoms with Gasteiger partial charge in [0.1, 0.15) is 5.69 Å². The number of aryl methyl sites for hydroxylation is 1. The van der Waals surface area contributed by atoms with Crippen LogP contribution in [0, 0.1) is 5.92 Å². The van der Waals surface area contributed by atoms with Gasteiger partial charge < -0.3 is 5.32 Å². The second kappa shape index (κ2) is 4.52. The molecule has 1 saturated carbocycles. The van der Waals surface area contributed by atoms with Crippen LogP contribution in [0.5, 0.6) is 0 Å². The molecule has 1 saturated heterocycles. The van der Waals surface area contributed by atoms with E-state index >= 15 is 0 Å². The standard InChI is InChI=1S/C13H20N4O2/c1-8-6-17(9-3-4-9)7-10(8)14-13(19)11-5-12(18)15-16(11)2/h5,8-10H,3-4,6-7H2,1-2H3,(H,14,19)(H,15,18)/t8-,10-/m1/s1. The third kappa shape index (κ3) is 2.45. The summed E-state index contributed by atoms with van der Waals surface area (Å²) in [6.45, 7) is 4.15. The number of likely N-dealkylation sites (tertiary alicyclic amines) is 1. The number of hydrogen-bond acceptors (Lipinski definition) is 3. The van der Waals surface area contributed by atoms with Crippen LogP contribution < -0.4 is 10.9 Å². The van der Waals surface area contributed by atoms with Gasteiger partial charge >= 0.3 is 0 Å². The molecule has 1 aliphatic carbocycles. The summed E-state index contributed by atoms with van der Waals surface area (Å²) in [6, 6.07) is 2.26. The number of hydrogen-bond donors (Lipinski definition) is 2. The van der Waals surface area contributed by atoms with Crippen molar-refractivity contribution in [3.8, 4) is 0 Å². The molecule has 2 N–H and O–H groups in total. The lowest BCUT2D eigenvalue weighted by Gasteiger charge is -2.17. The lowest BCUT2D eigenvalue weighted by atomic mass is 10.1. The predicted molar refractivity (Wildman–Crippen MR) is 71.0 cm³/mol. The van der Waals surface area contributed by atoms with Crippen LogP contribution in [0.25, 0.3) is 0 Å². The van der Waals surface area contributed by atoms with Crippen LogP contribution in [0.15, 0.2) is 10.9 Å². The van der Waals surface area contributed by atoms with E-state index in [-0.39, 0.29) is 17.5 Å². The van der Waals surface area contributed by atoms with Gasteiger partial charge in [0.15, 0.2) is 0 Å². The molecule has 1 aromatic heterocycles. The lowest BCUT2D eigenvalue weighted by molar-refractivity contribution is 0.0921. The molecular formula is C13H20N4O2. The Kier molecular flexibility index (Phi) is 2.97. The summed E-state index contributed by atoms with van der Waals surface area (Å²) >= 11 is 0. The van der Waals surface area contributed by atoms with Crippen molar-refractivity contribution >= 4 is 5.91 Å². The highest BCUT2D eigenvalue weighted by atomic mass is 16.2. The van der Waals surface area contributed by atoms with E-state index in [0.717, 1.165) is 19.1 Å². The summed E-state index contributed by atoms with van der Waals surface area (Å²) in [5, 5.41) is 5.60. The fourth-order valence-electron chi connectivity index (χ4n) is 2.87. The fourth-order valence-corrected chi connectivity index (χ4v) is 2.87. The normalized spacial score (nSPS) is 27.7. The predicted octanol–water partition coefficient (Wildman–Crippen LogP) is -0.0741. The Hall–Kier alpha value is -1.56. The molecule has 3 rings (SSSR count). The van der Waals surface area contributed by atoms with Crippen LogP contribution in [0.4, 0.5) is 0 Å². The first-order valence-electron chi connectivity index (χ1n) is 6.85. The zero-order valence-electron chi connectivity index (χ0n) is 11.3. The number of amides is 1. The van der Waals surface area contributed by atoms with Crippen molar-refractivity contribution in [2.45, 2.75) is 31.8 Å². The number of aromatic amines is 1. The Balaban J connectivity index is 1.66. The van der Waals surface area contributed by atoms with E-state index in [0.29, 0.717) is 11.6 Å². The number of nitrogens with zero attached hydrogens (tertiary/aromatic N) is 2. The molecule has 2 heterocycles. The van der Waals surface area contributed by atoms with Crippen molar-refractivity contribution in [3.63, 3.8) is 0 Å². The molecule has 19 heavy (non-hydrogen) atoms. The second-order valence-corrected chi connectivity index (χ2v) is 5.81. The SMILES string of the molecule is C[C@@H]1CN(C2CC2)C[C@H]1NC(=O)c1cc(=O)[nH]n1C. The molecule has 2 fully saturated rings. The van der Waals surface area contributed by atoms with Crippen molar-refractivity contribution in [3.05, 3.63) is 22.1 Å². The van der Waals surface area contributed by atoms with Crippen molar-refractivity contribution < 1.29 is 4.79 Å². The molecule has 0 aromatic carbocycles.